The van der Waals surface area contributed by atoms with Crippen LogP contribution in [0.3, 0.4) is 0 Å². The van der Waals surface area contributed by atoms with E-state index in [1.807, 2.05) is 0 Å². The van der Waals surface area contributed by atoms with Crippen LogP contribution in [-0.4, -0.2) is 22.9 Å². The van der Waals surface area contributed by atoms with E-state index in [1.54, 1.807) is 0 Å². The first-order valence-electron chi connectivity index (χ1n) is 6.39. The highest BCUT2D eigenvalue weighted by Gasteiger charge is 2.33. The van der Waals surface area contributed by atoms with Gasteiger partial charge in [-0.05, 0) is 36.5 Å². The molecule has 2 N–H and O–H groups in total. The maximum atomic E-state index is 13.1. The molecular formula is C14H17BrFNO2. The minimum Gasteiger partial charge on any atom is -0.507 e. The Balaban J connectivity index is 2.03. The first-order valence-corrected chi connectivity index (χ1v) is 7.51. The predicted molar refractivity (Wildman–Crippen MR) is 75.1 cm³/mol. The summed E-state index contributed by atoms with van der Waals surface area (Å²) in [6, 6.07) is 3.38. The van der Waals surface area contributed by atoms with Gasteiger partial charge in [-0.3, -0.25) is 4.79 Å². The summed E-state index contributed by atoms with van der Waals surface area (Å²) in [7, 11) is 0. The van der Waals surface area contributed by atoms with Crippen LogP contribution in [0.2, 0.25) is 0 Å². The fraction of sp³-hybridized carbons (Fsp3) is 0.500. The lowest BCUT2D eigenvalue weighted by Crippen LogP contribution is -2.37. The van der Waals surface area contributed by atoms with Crippen LogP contribution in [0.1, 0.15) is 36.0 Å². The summed E-state index contributed by atoms with van der Waals surface area (Å²) in [5, 5.41) is 13.2. The average Bonchev–Trinajstić information content (AvgIpc) is 2.88. The van der Waals surface area contributed by atoms with Crippen LogP contribution < -0.4 is 5.32 Å². The van der Waals surface area contributed by atoms with Gasteiger partial charge in [0.2, 0.25) is 0 Å². The highest BCUT2D eigenvalue weighted by molar-refractivity contribution is 9.09. The number of halogens is 2. The molecule has 1 aromatic carbocycles. The number of benzene rings is 1. The van der Waals surface area contributed by atoms with Crippen molar-refractivity contribution in [3.8, 4) is 5.75 Å². The Morgan fingerprint density at radius 1 is 1.42 bits per heavy atom. The van der Waals surface area contributed by atoms with Crippen LogP contribution in [0.15, 0.2) is 18.2 Å². The maximum Gasteiger partial charge on any atom is 0.255 e. The van der Waals surface area contributed by atoms with Gasteiger partial charge in [0.1, 0.15) is 11.6 Å². The molecule has 0 atom stereocenters. The second-order valence-corrected chi connectivity index (χ2v) is 5.75. The van der Waals surface area contributed by atoms with Crippen molar-refractivity contribution < 1.29 is 14.3 Å². The van der Waals surface area contributed by atoms with Gasteiger partial charge in [-0.2, -0.15) is 0 Å². The molecule has 1 aromatic rings. The Hall–Kier alpha value is -1.10. The second kappa shape index (κ2) is 5.90. The molecule has 1 aliphatic rings. The Labute approximate surface area is 120 Å². The number of phenols is 1. The van der Waals surface area contributed by atoms with Gasteiger partial charge in [-0.15, -0.1) is 0 Å². The predicted octanol–water partition coefficient (Wildman–Crippen LogP) is 3.22. The van der Waals surface area contributed by atoms with E-state index in [9.17, 15) is 14.3 Å². The maximum absolute atomic E-state index is 13.1. The van der Waals surface area contributed by atoms with Crippen molar-refractivity contribution >= 4 is 21.8 Å². The van der Waals surface area contributed by atoms with E-state index in [0.29, 0.717) is 6.54 Å². The molecule has 0 saturated heterocycles. The highest BCUT2D eigenvalue weighted by Crippen LogP contribution is 2.39. The van der Waals surface area contributed by atoms with Crippen molar-refractivity contribution in [1.82, 2.24) is 5.32 Å². The lowest BCUT2D eigenvalue weighted by atomic mass is 9.89. The number of phenolic OH excluding ortho intramolecular Hbond substituents is 1. The van der Waals surface area contributed by atoms with E-state index in [1.165, 1.54) is 18.9 Å². The zero-order chi connectivity index (χ0) is 13.9. The topological polar surface area (TPSA) is 49.3 Å². The van der Waals surface area contributed by atoms with Crippen molar-refractivity contribution in [2.45, 2.75) is 25.7 Å². The number of hydrogen-bond acceptors (Lipinski definition) is 2. The number of nitrogens with one attached hydrogen (secondary N) is 1. The van der Waals surface area contributed by atoms with E-state index in [2.05, 4.69) is 21.2 Å². The SMILES string of the molecule is O=C(NCC1(CBr)CCCC1)c1cc(F)ccc1O. The summed E-state index contributed by atoms with van der Waals surface area (Å²) < 4.78 is 13.1. The largest absolute Gasteiger partial charge is 0.507 e. The summed E-state index contributed by atoms with van der Waals surface area (Å²) in [5.74, 6) is -1.15. The van der Waals surface area contributed by atoms with Gasteiger partial charge < -0.3 is 10.4 Å². The molecule has 0 spiro atoms. The van der Waals surface area contributed by atoms with Gasteiger partial charge in [0.25, 0.3) is 5.91 Å². The molecule has 0 aliphatic heterocycles. The third-order valence-electron chi connectivity index (χ3n) is 3.77. The molecular weight excluding hydrogens is 313 g/mol. The van der Waals surface area contributed by atoms with Crippen LogP contribution in [0.5, 0.6) is 5.75 Å². The fourth-order valence-corrected chi connectivity index (χ4v) is 3.29. The lowest BCUT2D eigenvalue weighted by molar-refractivity contribution is 0.0932. The molecule has 1 aliphatic carbocycles. The molecule has 2 rings (SSSR count). The van der Waals surface area contributed by atoms with E-state index in [0.717, 1.165) is 30.3 Å². The van der Waals surface area contributed by atoms with Crippen molar-refractivity contribution in [2.24, 2.45) is 5.41 Å². The van der Waals surface area contributed by atoms with E-state index in [4.69, 9.17) is 0 Å². The first-order chi connectivity index (χ1) is 9.06. The van der Waals surface area contributed by atoms with E-state index < -0.39 is 11.7 Å². The summed E-state index contributed by atoms with van der Waals surface area (Å²) in [5.41, 5.74) is 0.0845. The smallest absolute Gasteiger partial charge is 0.255 e. The molecule has 1 amide bonds. The molecule has 0 aromatic heterocycles. The van der Waals surface area contributed by atoms with Crippen molar-refractivity contribution in [3.05, 3.63) is 29.6 Å². The second-order valence-electron chi connectivity index (χ2n) is 5.18. The van der Waals surface area contributed by atoms with E-state index >= 15 is 0 Å². The normalized spacial score (nSPS) is 17.4. The standard InChI is InChI=1S/C14H17BrFNO2/c15-8-14(5-1-2-6-14)9-17-13(19)11-7-10(16)3-4-12(11)18/h3-4,7,18H,1-2,5-6,8-9H2,(H,17,19). The Morgan fingerprint density at radius 3 is 2.74 bits per heavy atom. The number of aromatic hydroxyl groups is 1. The first kappa shape index (κ1) is 14.3. The minimum atomic E-state index is -0.529. The monoisotopic (exact) mass is 329 g/mol. The Kier molecular flexibility index (Phi) is 4.45. The van der Waals surface area contributed by atoms with Gasteiger partial charge >= 0.3 is 0 Å². The Bertz CT molecular complexity index is 473. The third-order valence-corrected chi connectivity index (χ3v) is 4.96. The zero-order valence-electron chi connectivity index (χ0n) is 10.6. The fourth-order valence-electron chi connectivity index (χ4n) is 2.54. The molecule has 0 bridgehead atoms. The van der Waals surface area contributed by atoms with Gasteiger partial charge in [-0.25, -0.2) is 4.39 Å². The summed E-state index contributed by atoms with van der Waals surface area (Å²) in [6.45, 7) is 0.549. The minimum absolute atomic E-state index is 0.0114. The molecule has 1 saturated carbocycles. The molecule has 5 heteroatoms. The summed E-state index contributed by atoms with van der Waals surface area (Å²) >= 11 is 3.51. The quantitative estimate of drug-likeness (QED) is 0.833. The molecule has 19 heavy (non-hydrogen) atoms. The molecule has 1 fully saturated rings. The molecule has 104 valence electrons. The molecule has 0 heterocycles. The van der Waals surface area contributed by atoms with Gasteiger partial charge in [0.05, 0.1) is 5.56 Å². The lowest BCUT2D eigenvalue weighted by Gasteiger charge is -2.26. The van der Waals surface area contributed by atoms with E-state index in [-0.39, 0.29) is 16.7 Å². The van der Waals surface area contributed by atoms with Crippen molar-refractivity contribution in [2.75, 3.05) is 11.9 Å². The van der Waals surface area contributed by atoms with Gasteiger partial charge in [0, 0.05) is 11.9 Å². The average molecular weight is 330 g/mol. The van der Waals surface area contributed by atoms with Crippen LogP contribution in [0, 0.1) is 11.2 Å². The highest BCUT2D eigenvalue weighted by atomic mass is 79.9. The number of amides is 1. The molecule has 0 radical (unpaired) electrons. The van der Waals surface area contributed by atoms with Crippen molar-refractivity contribution in [1.29, 1.82) is 0 Å². The van der Waals surface area contributed by atoms with Gasteiger partial charge in [0.15, 0.2) is 0 Å². The third kappa shape index (κ3) is 3.26. The van der Waals surface area contributed by atoms with Crippen LogP contribution >= 0.6 is 15.9 Å². The van der Waals surface area contributed by atoms with Crippen molar-refractivity contribution in [3.63, 3.8) is 0 Å². The number of alkyl halides is 1. The number of carbonyl (C=O) groups excluding carboxylic acids is 1. The van der Waals surface area contributed by atoms with Crippen LogP contribution in [-0.2, 0) is 0 Å². The Morgan fingerprint density at radius 2 is 2.11 bits per heavy atom. The molecule has 3 nitrogen and oxygen atoms in total. The van der Waals surface area contributed by atoms with Gasteiger partial charge in [-0.1, -0.05) is 28.8 Å². The molecule has 0 unspecified atom stereocenters. The van der Waals surface area contributed by atoms with Crippen LogP contribution in [0.4, 0.5) is 4.39 Å². The summed E-state index contributed by atoms with van der Waals surface area (Å²) in [4.78, 5) is 12.0. The zero-order valence-corrected chi connectivity index (χ0v) is 12.2. The number of rotatable bonds is 4. The van der Waals surface area contributed by atoms with Crippen LogP contribution in [0.25, 0.3) is 0 Å². The summed E-state index contributed by atoms with van der Waals surface area (Å²) in [6.07, 6.45) is 4.50. The number of hydrogen-bond donors (Lipinski definition) is 2. The number of carbonyl (C=O) groups is 1.